The third-order valence-corrected chi connectivity index (χ3v) is 5.05. The zero-order valence-corrected chi connectivity index (χ0v) is 15.5. The van der Waals surface area contributed by atoms with Crippen molar-refractivity contribution in [3.8, 4) is 5.75 Å². The molecule has 0 aromatic heterocycles. The minimum Gasteiger partial charge on any atom is -0.497 e. The number of amides is 1. The molecule has 1 fully saturated rings. The van der Waals surface area contributed by atoms with E-state index in [1.165, 1.54) is 24.8 Å². The molecule has 0 saturated carbocycles. The normalized spacial score (nSPS) is 18.1. The van der Waals surface area contributed by atoms with Crippen LogP contribution in [0.15, 0.2) is 54.6 Å². The monoisotopic (exact) mass is 352 g/mol. The van der Waals surface area contributed by atoms with Crippen molar-refractivity contribution in [2.45, 2.75) is 38.1 Å². The maximum atomic E-state index is 12.3. The van der Waals surface area contributed by atoms with Crippen molar-refractivity contribution in [3.05, 3.63) is 60.2 Å². The Morgan fingerprint density at radius 2 is 1.85 bits per heavy atom. The molecule has 2 aromatic carbocycles. The summed E-state index contributed by atoms with van der Waals surface area (Å²) >= 11 is 0. The molecule has 1 aliphatic heterocycles. The van der Waals surface area contributed by atoms with Gasteiger partial charge in [0.15, 0.2) is 0 Å². The lowest BCUT2D eigenvalue weighted by Crippen LogP contribution is -2.31. The number of para-hydroxylation sites is 1. The molecular weight excluding hydrogens is 324 g/mol. The van der Waals surface area contributed by atoms with Gasteiger partial charge in [-0.3, -0.25) is 9.69 Å². The first kappa shape index (κ1) is 18.5. The molecule has 1 aliphatic rings. The van der Waals surface area contributed by atoms with Crippen molar-refractivity contribution in [2.24, 2.45) is 0 Å². The van der Waals surface area contributed by atoms with E-state index in [4.69, 9.17) is 4.74 Å². The van der Waals surface area contributed by atoms with Gasteiger partial charge in [0, 0.05) is 24.7 Å². The highest BCUT2D eigenvalue weighted by molar-refractivity contribution is 5.90. The molecule has 138 valence electrons. The molecule has 4 heteroatoms. The molecule has 3 rings (SSSR count). The minimum absolute atomic E-state index is 0.0777. The van der Waals surface area contributed by atoms with E-state index in [1.54, 1.807) is 7.11 Å². The van der Waals surface area contributed by atoms with E-state index >= 15 is 0 Å². The van der Waals surface area contributed by atoms with Crippen LogP contribution in [0.4, 0.5) is 5.69 Å². The number of hydrogen-bond acceptors (Lipinski definition) is 3. The van der Waals surface area contributed by atoms with Crippen LogP contribution in [0.3, 0.4) is 0 Å². The number of carbonyl (C=O) groups excluding carboxylic acids is 1. The molecule has 1 heterocycles. The van der Waals surface area contributed by atoms with Gasteiger partial charge in [-0.15, -0.1) is 0 Å². The Morgan fingerprint density at radius 3 is 2.58 bits per heavy atom. The number of benzene rings is 2. The summed E-state index contributed by atoms with van der Waals surface area (Å²) in [7, 11) is 1.69. The lowest BCUT2D eigenvalue weighted by Gasteiger charge is -2.30. The van der Waals surface area contributed by atoms with Gasteiger partial charge in [-0.2, -0.15) is 0 Å². The minimum atomic E-state index is 0.0777. The average Bonchev–Trinajstić information content (AvgIpc) is 2.93. The first-order chi connectivity index (χ1) is 12.8. The summed E-state index contributed by atoms with van der Waals surface area (Å²) in [5, 5.41) is 2.98. The number of rotatable bonds is 6. The van der Waals surface area contributed by atoms with Crippen molar-refractivity contribution in [2.75, 3.05) is 25.5 Å². The third-order valence-electron chi connectivity index (χ3n) is 5.05. The van der Waals surface area contributed by atoms with Crippen LogP contribution in [0.1, 0.15) is 43.7 Å². The predicted molar refractivity (Wildman–Crippen MR) is 105 cm³/mol. The highest BCUT2D eigenvalue weighted by Gasteiger charge is 2.23. The fourth-order valence-electron chi connectivity index (χ4n) is 3.63. The molecule has 0 aliphatic carbocycles. The summed E-state index contributed by atoms with van der Waals surface area (Å²) in [6, 6.07) is 18.4. The zero-order chi connectivity index (χ0) is 18.2. The van der Waals surface area contributed by atoms with Gasteiger partial charge < -0.3 is 10.1 Å². The highest BCUT2D eigenvalue weighted by atomic mass is 16.5. The van der Waals surface area contributed by atoms with Crippen LogP contribution in [0.2, 0.25) is 0 Å². The lowest BCUT2D eigenvalue weighted by molar-refractivity contribution is -0.116. The maximum absolute atomic E-state index is 12.3. The van der Waals surface area contributed by atoms with Crippen LogP contribution in [0, 0.1) is 0 Å². The van der Waals surface area contributed by atoms with Crippen molar-refractivity contribution in [1.29, 1.82) is 0 Å². The summed E-state index contributed by atoms with van der Waals surface area (Å²) < 4.78 is 5.28. The molecule has 0 bridgehead atoms. The van der Waals surface area contributed by atoms with Crippen LogP contribution >= 0.6 is 0 Å². The first-order valence-electron chi connectivity index (χ1n) is 9.49. The Kier molecular flexibility index (Phi) is 6.67. The number of carbonyl (C=O) groups is 1. The topological polar surface area (TPSA) is 41.6 Å². The van der Waals surface area contributed by atoms with Crippen LogP contribution in [0.25, 0.3) is 0 Å². The standard InChI is InChI=1S/C22H28N2O2/c1-26-20-13-11-18(12-14-20)21-10-6-3-7-16-24(21)17-15-22(25)23-19-8-4-2-5-9-19/h2,4-5,8-9,11-14,21H,3,6-7,10,15-17H2,1H3,(H,23,25)/t21-/m0/s1. The van der Waals surface area contributed by atoms with E-state index < -0.39 is 0 Å². The van der Waals surface area contributed by atoms with E-state index in [9.17, 15) is 4.79 Å². The highest BCUT2D eigenvalue weighted by Crippen LogP contribution is 2.31. The van der Waals surface area contributed by atoms with Crippen LogP contribution in [-0.4, -0.2) is 31.0 Å². The molecule has 26 heavy (non-hydrogen) atoms. The number of methoxy groups -OCH3 is 1. The van der Waals surface area contributed by atoms with Gasteiger partial charge in [-0.05, 0) is 49.2 Å². The van der Waals surface area contributed by atoms with Gasteiger partial charge in [0.1, 0.15) is 5.75 Å². The second-order valence-corrected chi connectivity index (χ2v) is 6.84. The molecule has 0 radical (unpaired) electrons. The number of hydrogen-bond donors (Lipinski definition) is 1. The fourth-order valence-corrected chi connectivity index (χ4v) is 3.63. The average molecular weight is 352 g/mol. The van der Waals surface area contributed by atoms with E-state index in [2.05, 4.69) is 22.3 Å². The van der Waals surface area contributed by atoms with Gasteiger partial charge in [-0.1, -0.05) is 43.2 Å². The summed E-state index contributed by atoms with van der Waals surface area (Å²) in [5.41, 5.74) is 2.18. The van der Waals surface area contributed by atoms with Crippen molar-refractivity contribution in [1.82, 2.24) is 4.90 Å². The van der Waals surface area contributed by atoms with E-state index in [1.807, 2.05) is 42.5 Å². The van der Waals surface area contributed by atoms with Crippen LogP contribution < -0.4 is 10.1 Å². The summed E-state index contributed by atoms with van der Waals surface area (Å²) in [6.45, 7) is 1.84. The third kappa shape index (κ3) is 5.09. The summed E-state index contributed by atoms with van der Waals surface area (Å²) in [5.74, 6) is 0.963. The van der Waals surface area contributed by atoms with Crippen molar-refractivity contribution < 1.29 is 9.53 Å². The zero-order valence-electron chi connectivity index (χ0n) is 15.5. The first-order valence-corrected chi connectivity index (χ1v) is 9.49. The van der Waals surface area contributed by atoms with E-state index in [0.29, 0.717) is 12.5 Å². The quantitative estimate of drug-likeness (QED) is 0.823. The molecule has 4 nitrogen and oxygen atoms in total. The van der Waals surface area contributed by atoms with Gasteiger partial charge in [0.2, 0.25) is 5.91 Å². The number of nitrogens with zero attached hydrogens (tertiary/aromatic N) is 1. The molecule has 1 atom stereocenters. The summed E-state index contributed by atoms with van der Waals surface area (Å²) in [6.07, 6.45) is 5.36. The largest absolute Gasteiger partial charge is 0.497 e. The van der Waals surface area contributed by atoms with Crippen molar-refractivity contribution in [3.63, 3.8) is 0 Å². The SMILES string of the molecule is COc1ccc([C@@H]2CCCCCN2CCC(=O)Nc2ccccc2)cc1. The Bertz CT molecular complexity index is 685. The molecule has 1 N–H and O–H groups in total. The lowest BCUT2D eigenvalue weighted by atomic mass is 10.0. The Hall–Kier alpha value is -2.33. The number of anilines is 1. The maximum Gasteiger partial charge on any atom is 0.225 e. The van der Waals surface area contributed by atoms with Gasteiger partial charge in [-0.25, -0.2) is 0 Å². The molecular formula is C22H28N2O2. The Labute approximate surface area is 156 Å². The molecule has 1 amide bonds. The molecule has 1 saturated heterocycles. The number of likely N-dealkylation sites (tertiary alicyclic amines) is 1. The molecule has 0 unspecified atom stereocenters. The van der Waals surface area contributed by atoms with E-state index in [-0.39, 0.29) is 5.91 Å². The van der Waals surface area contributed by atoms with Gasteiger partial charge >= 0.3 is 0 Å². The fraction of sp³-hybridized carbons (Fsp3) is 0.409. The van der Waals surface area contributed by atoms with Crippen LogP contribution in [-0.2, 0) is 4.79 Å². The Balaban J connectivity index is 1.61. The van der Waals surface area contributed by atoms with Crippen molar-refractivity contribution >= 4 is 11.6 Å². The molecule has 2 aromatic rings. The van der Waals surface area contributed by atoms with Crippen LogP contribution in [0.5, 0.6) is 5.75 Å². The molecule has 0 spiro atoms. The second kappa shape index (κ2) is 9.39. The Morgan fingerprint density at radius 1 is 1.08 bits per heavy atom. The smallest absolute Gasteiger partial charge is 0.225 e. The van der Waals surface area contributed by atoms with E-state index in [0.717, 1.165) is 30.9 Å². The number of nitrogens with one attached hydrogen (secondary N) is 1. The van der Waals surface area contributed by atoms with Gasteiger partial charge in [0.05, 0.1) is 7.11 Å². The predicted octanol–water partition coefficient (Wildman–Crippen LogP) is 4.64. The van der Waals surface area contributed by atoms with Gasteiger partial charge in [0.25, 0.3) is 0 Å². The number of ether oxygens (including phenoxy) is 1. The summed E-state index contributed by atoms with van der Waals surface area (Å²) in [4.78, 5) is 14.8. The second-order valence-electron chi connectivity index (χ2n) is 6.84.